The molecule has 0 bridgehead atoms. The second-order valence-electron chi connectivity index (χ2n) is 11.2. The Morgan fingerprint density at radius 3 is 1.98 bits per heavy atom. The van der Waals surface area contributed by atoms with Crippen LogP contribution in [0.15, 0.2) is 114 Å². The zero-order valence-electron chi connectivity index (χ0n) is 25.8. The molecule has 2 unspecified atom stereocenters. The van der Waals surface area contributed by atoms with Gasteiger partial charge in [0.2, 0.25) is 11.8 Å². The lowest BCUT2D eigenvalue weighted by Gasteiger charge is -2.34. The van der Waals surface area contributed by atoms with E-state index >= 15 is 0 Å². The molecule has 0 fully saturated rings. The summed E-state index contributed by atoms with van der Waals surface area (Å²) in [6.45, 7) is 7.33. The average molecular weight is 612 g/mol. The highest BCUT2D eigenvalue weighted by molar-refractivity contribution is 7.92. The average Bonchev–Trinajstić information content (AvgIpc) is 3.02. The van der Waals surface area contributed by atoms with Gasteiger partial charge in [0.25, 0.3) is 10.0 Å². The minimum absolute atomic E-state index is 0.0855. The fraction of sp³-hybridized carbons (Fsp3) is 0.278. The molecule has 7 nitrogen and oxygen atoms in total. The molecule has 2 atom stereocenters. The number of anilines is 1. The first-order valence-electron chi connectivity index (χ1n) is 14.9. The van der Waals surface area contributed by atoms with Gasteiger partial charge in [-0.05, 0) is 68.1 Å². The molecule has 0 saturated carbocycles. The summed E-state index contributed by atoms with van der Waals surface area (Å²) in [5.41, 5.74) is 3.88. The molecule has 4 aromatic carbocycles. The van der Waals surface area contributed by atoms with Crippen molar-refractivity contribution < 1.29 is 18.0 Å². The Bertz CT molecular complexity index is 1640. The van der Waals surface area contributed by atoms with Crippen LogP contribution in [0.2, 0.25) is 0 Å². The number of nitrogens with zero attached hydrogens (tertiary/aromatic N) is 2. The molecule has 0 heterocycles. The van der Waals surface area contributed by atoms with Crippen molar-refractivity contribution in [2.45, 2.75) is 64.1 Å². The summed E-state index contributed by atoms with van der Waals surface area (Å²) in [7, 11) is -4.13. The van der Waals surface area contributed by atoms with Crippen molar-refractivity contribution in [2.24, 2.45) is 0 Å². The maximum atomic E-state index is 14.5. The van der Waals surface area contributed by atoms with Crippen molar-refractivity contribution >= 4 is 27.5 Å². The zero-order chi connectivity index (χ0) is 31.7. The first kappa shape index (κ1) is 32.5. The summed E-state index contributed by atoms with van der Waals surface area (Å²) in [5.74, 6) is -0.762. The lowest BCUT2D eigenvalue weighted by Crippen LogP contribution is -2.54. The van der Waals surface area contributed by atoms with Gasteiger partial charge >= 0.3 is 0 Å². The molecule has 4 aromatic rings. The third-order valence-corrected chi connectivity index (χ3v) is 9.43. The summed E-state index contributed by atoms with van der Waals surface area (Å²) in [4.78, 5) is 30.0. The first-order valence-corrected chi connectivity index (χ1v) is 16.4. The second kappa shape index (κ2) is 14.8. The smallest absolute Gasteiger partial charge is 0.264 e. The Kier molecular flexibility index (Phi) is 11.0. The van der Waals surface area contributed by atoms with Gasteiger partial charge in [-0.15, -0.1) is 0 Å². The van der Waals surface area contributed by atoms with Gasteiger partial charge in [-0.2, -0.15) is 0 Å². The molecular formula is C36H41N3O4S. The highest BCUT2D eigenvalue weighted by atomic mass is 32.2. The molecule has 8 heteroatoms. The number of hydrogen-bond acceptors (Lipinski definition) is 4. The van der Waals surface area contributed by atoms with E-state index in [4.69, 9.17) is 0 Å². The molecule has 0 radical (unpaired) electrons. The number of hydrogen-bond donors (Lipinski definition) is 1. The highest BCUT2D eigenvalue weighted by Crippen LogP contribution is 2.26. The van der Waals surface area contributed by atoms with Gasteiger partial charge in [-0.3, -0.25) is 13.9 Å². The molecule has 1 N–H and O–H groups in total. The van der Waals surface area contributed by atoms with Crippen molar-refractivity contribution in [1.29, 1.82) is 0 Å². The Balaban J connectivity index is 1.79. The summed E-state index contributed by atoms with van der Waals surface area (Å²) in [6.07, 6.45) is 1.00. The third kappa shape index (κ3) is 8.35. The van der Waals surface area contributed by atoms with Gasteiger partial charge < -0.3 is 10.2 Å². The van der Waals surface area contributed by atoms with Crippen LogP contribution in [0.4, 0.5) is 5.69 Å². The van der Waals surface area contributed by atoms with E-state index in [0.29, 0.717) is 5.69 Å². The summed E-state index contributed by atoms with van der Waals surface area (Å²) in [5, 5.41) is 3.06. The predicted molar refractivity (Wildman–Crippen MR) is 176 cm³/mol. The molecular weight excluding hydrogens is 570 g/mol. The van der Waals surface area contributed by atoms with Crippen molar-refractivity contribution in [3.63, 3.8) is 0 Å². The van der Waals surface area contributed by atoms with Crippen LogP contribution in [0.25, 0.3) is 0 Å². The van der Waals surface area contributed by atoms with Crippen LogP contribution in [-0.4, -0.2) is 43.8 Å². The predicted octanol–water partition coefficient (Wildman–Crippen LogP) is 6.05. The topological polar surface area (TPSA) is 86.8 Å². The normalized spacial score (nSPS) is 12.6. The number of amides is 2. The van der Waals surface area contributed by atoms with Crippen LogP contribution in [0.5, 0.6) is 0 Å². The maximum Gasteiger partial charge on any atom is 0.264 e. The minimum Gasteiger partial charge on any atom is -0.352 e. The fourth-order valence-corrected chi connectivity index (χ4v) is 6.33. The third-order valence-electron chi connectivity index (χ3n) is 7.65. The van der Waals surface area contributed by atoms with Crippen LogP contribution in [0.3, 0.4) is 0 Å². The van der Waals surface area contributed by atoms with Crippen LogP contribution < -0.4 is 9.62 Å². The molecule has 0 aliphatic carbocycles. The van der Waals surface area contributed by atoms with E-state index in [-0.39, 0.29) is 29.8 Å². The van der Waals surface area contributed by atoms with Crippen molar-refractivity contribution in [3.8, 4) is 0 Å². The number of sulfonamides is 1. The first-order chi connectivity index (χ1) is 21.1. The number of nitrogens with one attached hydrogen (secondary N) is 1. The monoisotopic (exact) mass is 611 g/mol. The Morgan fingerprint density at radius 2 is 1.39 bits per heavy atom. The zero-order valence-corrected chi connectivity index (χ0v) is 26.6. The molecule has 230 valence electrons. The van der Waals surface area contributed by atoms with Crippen molar-refractivity contribution in [2.75, 3.05) is 10.8 Å². The maximum absolute atomic E-state index is 14.5. The molecule has 0 aliphatic heterocycles. The van der Waals surface area contributed by atoms with Crippen LogP contribution in [-0.2, 0) is 32.6 Å². The van der Waals surface area contributed by atoms with E-state index in [1.165, 1.54) is 4.90 Å². The van der Waals surface area contributed by atoms with E-state index in [1.807, 2.05) is 94.4 Å². The van der Waals surface area contributed by atoms with Gasteiger partial charge in [0.15, 0.2) is 0 Å². The number of aryl methyl sites for hydroxylation is 2. The molecule has 44 heavy (non-hydrogen) atoms. The molecule has 0 spiro atoms. The number of carbonyl (C=O) groups is 2. The standard InChI is InChI=1S/C36H41N3O4S/c1-5-29(4)37-36(41)34(24-30-14-8-6-9-15-30)38(25-31-16-10-7-11-17-31)35(40)26-39(32-18-12-13-28(3)23-32)44(42,43)33-21-19-27(2)20-22-33/h6-23,29,34H,5,24-26H2,1-4H3,(H,37,41). The van der Waals surface area contributed by atoms with E-state index < -0.39 is 28.5 Å². The SMILES string of the molecule is CCC(C)NC(=O)C(Cc1ccccc1)N(Cc1ccccc1)C(=O)CN(c1cccc(C)c1)S(=O)(=O)c1ccc(C)cc1. The number of carbonyl (C=O) groups excluding carboxylic acids is 2. The van der Waals surface area contributed by atoms with Gasteiger partial charge in [-0.25, -0.2) is 8.42 Å². The summed E-state index contributed by atoms with van der Waals surface area (Å²) >= 11 is 0. The Hall–Kier alpha value is -4.43. The largest absolute Gasteiger partial charge is 0.352 e. The Labute approximate surface area is 261 Å². The quantitative estimate of drug-likeness (QED) is 0.199. The lowest BCUT2D eigenvalue weighted by atomic mass is 10.0. The Morgan fingerprint density at radius 1 is 0.773 bits per heavy atom. The molecule has 4 rings (SSSR count). The van der Waals surface area contributed by atoms with Crippen LogP contribution >= 0.6 is 0 Å². The second-order valence-corrected chi connectivity index (χ2v) is 13.1. The van der Waals surface area contributed by atoms with E-state index in [0.717, 1.165) is 33.0 Å². The fourth-order valence-electron chi connectivity index (χ4n) is 4.92. The van der Waals surface area contributed by atoms with Gasteiger partial charge in [0, 0.05) is 19.0 Å². The molecule has 2 amide bonds. The summed E-state index contributed by atoms with van der Waals surface area (Å²) in [6, 6.07) is 31.7. The van der Waals surface area contributed by atoms with Crippen molar-refractivity contribution in [1.82, 2.24) is 10.2 Å². The minimum atomic E-state index is -4.13. The highest BCUT2D eigenvalue weighted by Gasteiger charge is 2.35. The van der Waals surface area contributed by atoms with Gasteiger partial charge in [0.1, 0.15) is 12.6 Å². The van der Waals surface area contributed by atoms with Crippen LogP contribution in [0.1, 0.15) is 42.5 Å². The molecule has 0 aromatic heterocycles. The van der Waals surface area contributed by atoms with Crippen LogP contribution in [0, 0.1) is 13.8 Å². The molecule has 0 saturated heterocycles. The summed E-state index contributed by atoms with van der Waals surface area (Å²) < 4.78 is 29.4. The van der Waals surface area contributed by atoms with E-state index in [9.17, 15) is 18.0 Å². The molecule has 0 aliphatic rings. The number of rotatable bonds is 13. The van der Waals surface area contributed by atoms with Gasteiger partial charge in [0.05, 0.1) is 10.6 Å². The van der Waals surface area contributed by atoms with E-state index in [1.54, 1.807) is 42.5 Å². The van der Waals surface area contributed by atoms with Gasteiger partial charge in [-0.1, -0.05) is 97.4 Å². The lowest BCUT2D eigenvalue weighted by molar-refractivity contribution is -0.140. The number of benzene rings is 4. The van der Waals surface area contributed by atoms with E-state index in [2.05, 4.69) is 5.32 Å². The van der Waals surface area contributed by atoms with Crippen molar-refractivity contribution in [3.05, 3.63) is 131 Å².